The van der Waals surface area contributed by atoms with Crippen molar-refractivity contribution in [2.24, 2.45) is 0 Å². The highest BCUT2D eigenvalue weighted by Crippen LogP contribution is 2.36. The molecule has 1 aliphatic rings. The van der Waals surface area contributed by atoms with Crippen LogP contribution < -0.4 is 5.32 Å². The minimum atomic E-state index is 0.0922. The Morgan fingerprint density at radius 2 is 2.08 bits per heavy atom. The molecule has 70 valence electrons. The summed E-state index contributed by atoms with van der Waals surface area (Å²) in [4.78, 5) is 0. The highest BCUT2D eigenvalue weighted by Gasteiger charge is 2.39. The molecule has 0 bridgehead atoms. The maximum Gasteiger partial charge on any atom is 0.140 e. The summed E-state index contributed by atoms with van der Waals surface area (Å²) in [6.07, 6.45) is 0.266. The van der Waals surface area contributed by atoms with Crippen molar-refractivity contribution in [3.63, 3.8) is 0 Å². The molecule has 2 rings (SSSR count). The average molecular weight is 179 g/mol. The lowest BCUT2D eigenvalue weighted by atomic mass is 10.1. The third-order valence-electron chi connectivity index (χ3n) is 2.08. The highest BCUT2D eigenvalue weighted by molar-refractivity contribution is 5.21. The Labute approximate surface area is 77.3 Å². The van der Waals surface area contributed by atoms with Gasteiger partial charge >= 0.3 is 0 Å². The van der Waals surface area contributed by atoms with Gasteiger partial charge in [-0.05, 0) is 5.56 Å². The van der Waals surface area contributed by atoms with Crippen molar-refractivity contribution in [2.75, 3.05) is 13.2 Å². The molecular weight excluding hydrogens is 166 g/mol. The van der Waals surface area contributed by atoms with Crippen molar-refractivity contribution in [3.8, 4) is 0 Å². The van der Waals surface area contributed by atoms with Crippen LogP contribution in [0.15, 0.2) is 30.3 Å². The third kappa shape index (κ3) is 2.06. The van der Waals surface area contributed by atoms with Gasteiger partial charge in [-0.2, -0.15) is 0 Å². The van der Waals surface area contributed by atoms with E-state index >= 15 is 0 Å². The second kappa shape index (κ2) is 3.87. The molecular formula is C10H13NO2. The van der Waals surface area contributed by atoms with Crippen LogP contribution >= 0.6 is 0 Å². The molecule has 3 nitrogen and oxygen atoms in total. The van der Waals surface area contributed by atoms with Crippen molar-refractivity contribution in [2.45, 2.75) is 12.3 Å². The van der Waals surface area contributed by atoms with Crippen molar-refractivity contribution >= 4 is 0 Å². The fourth-order valence-corrected chi connectivity index (χ4v) is 1.37. The summed E-state index contributed by atoms with van der Waals surface area (Å²) in [5, 5.41) is 11.7. The number of hydrogen-bond acceptors (Lipinski definition) is 3. The second-order valence-electron chi connectivity index (χ2n) is 3.07. The molecule has 1 fully saturated rings. The minimum absolute atomic E-state index is 0.0922. The number of aliphatic hydroxyl groups is 1. The van der Waals surface area contributed by atoms with Gasteiger partial charge in [-0.3, -0.25) is 5.32 Å². The zero-order valence-corrected chi connectivity index (χ0v) is 7.31. The van der Waals surface area contributed by atoms with E-state index in [1.807, 2.05) is 30.3 Å². The van der Waals surface area contributed by atoms with Crippen molar-refractivity contribution in [3.05, 3.63) is 35.9 Å². The monoisotopic (exact) mass is 179 g/mol. The van der Waals surface area contributed by atoms with E-state index in [0.717, 1.165) is 0 Å². The van der Waals surface area contributed by atoms with Crippen molar-refractivity contribution < 1.29 is 9.84 Å². The fourth-order valence-electron chi connectivity index (χ4n) is 1.37. The van der Waals surface area contributed by atoms with Gasteiger partial charge in [0.25, 0.3) is 0 Å². The number of hydrogen-bond donors (Lipinski definition) is 2. The molecule has 2 atom stereocenters. The molecule has 2 N–H and O–H groups in total. The Morgan fingerprint density at radius 1 is 1.31 bits per heavy atom. The molecule has 1 aliphatic heterocycles. The smallest absolute Gasteiger partial charge is 0.140 e. The molecule has 1 aromatic rings. The first-order valence-corrected chi connectivity index (χ1v) is 4.46. The van der Waals surface area contributed by atoms with Gasteiger partial charge in [-0.15, -0.1) is 0 Å². The first-order chi connectivity index (χ1) is 6.42. The largest absolute Gasteiger partial charge is 0.395 e. The molecule has 1 aromatic carbocycles. The number of benzene rings is 1. The minimum Gasteiger partial charge on any atom is -0.395 e. The van der Waals surface area contributed by atoms with E-state index in [4.69, 9.17) is 9.84 Å². The fraction of sp³-hybridized carbons (Fsp3) is 0.400. The molecule has 2 unspecified atom stereocenters. The van der Waals surface area contributed by atoms with E-state index in [-0.39, 0.29) is 18.9 Å². The Bertz CT molecular complexity index is 263. The van der Waals surface area contributed by atoms with Crippen molar-refractivity contribution in [1.82, 2.24) is 5.32 Å². The summed E-state index contributed by atoms with van der Waals surface area (Å²) >= 11 is 0. The molecule has 13 heavy (non-hydrogen) atoms. The van der Waals surface area contributed by atoms with Crippen LogP contribution in [0, 0.1) is 0 Å². The van der Waals surface area contributed by atoms with Crippen LogP contribution in [0.1, 0.15) is 11.7 Å². The number of nitrogens with one attached hydrogen (secondary N) is 1. The van der Waals surface area contributed by atoms with Crippen LogP contribution in [0.3, 0.4) is 0 Å². The number of epoxide rings is 1. The molecule has 0 saturated carbocycles. The number of rotatable bonds is 4. The molecule has 3 heteroatoms. The molecule has 0 spiro atoms. The topological polar surface area (TPSA) is 44.8 Å². The predicted octanol–water partition coefficient (Wildman–Crippen LogP) is 0.666. The average Bonchev–Trinajstić information content (AvgIpc) is 2.95. The van der Waals surface area contributed by atoms with Crippen molar-refractivity contribution in [1.29, 1.82) is 0 Å². The Kier molecular flexibility index (Phi) is 2.59. The van der Waals surface area contributed by atoms with Gasteiger partial charge in [-0.1, -0.05) is 30.3 Å². The lowest BCUT2D eigenvalue weighted by Crippen LogP contribution is -2.21. The zero-order chi connectivity index (χ0) is 9.10. The van der Waals surface area contributed by atoms with Crippen LogP contribution in [0.4, 0.5) is 0 Å². The van der Waals surface area contributed by atoms with Crippen LogP contribution in [0.2, 0.25) is 0 Å². The first kappa shape index (κ1) is 8.69. The standard InChI is InChI=1S/C10H13NO2/c12-7-6-11-10-9(13-10)8-4-2-1-3-5-8/h1-5,9-12H,6-7H2. The summed E-state index contributed by atoms with van der Waals surface area (Å²) in [6, 6.07) is 10.1. The quantitative estimate of drug-likeness (QED) is 0.667. The van der Waals surface area contributed by atoms with E-state index < -0.39 is 0 Å². The first-order valence-electron chi connectivity index (χ1n) is 4.46. The van der Waals surface area contributed by atoms with Crippen LogP contribution in [0.25, 0.3) is 0 Å². The molecule has 1 heterocycles. The van der Waals surface area contributed by atoms with Gasteiger partial charge in [0.1, 0.15) is 12.3 Å². The van der Waals surface area contributed by atoms with Gasteiger partial charge in [0.15, 0.2) is 0 Å². The summed E-state index contributed by atoms with van der Waals surface area (Å²) in [5.41, 5.74) is 1.19. The molecule has 0 radical (unpaired) electrons. The number of aliphatic hydroxyl groups excluding tert-OH is 1. The Hall–Kier alpha value is -0.900. The van der Waals surface area contributed by atoms with E-state index in [1.165, 1.54) is 5.56 Å². The van der Waals surface area contributed by atoms with E-state index in [1.54, 1.807) is 0 Å². The summed E-state index contributed by atoms with van der Waals surface area (Å²) in [7, 11) is 0. The third-order valence-corrected chi connectivity index (χ3v) is 2.08. The van der Waals surface area contributed by atoms with Crippen LogP contribution in [-0.2, 0) is 4.74 Å². The van der Waals surface area contributed by atoms with Gasteiger partial charge in [0.05, 0.1) is 6.61 Å². The van der Waals surface area contributed by atoms with Crippen LogP contribution in [-0.4, -0.2) is 24.5 Å². The zero-order valence-electron chi connectivity index (χ0n) is 7.31. The summed E-state index contributed by atoms with van der Waals surface area (Å²) in [6.45, 7) is 0.745. The normalized spacial score (nSPS) is 25.9. The van der Waals surface area contributed by atoms with E-state index in [2.05, 4.69) is 5.32 Å². The van der Waals surface area contributed by atoms with E-state index in [9.17, 15) is 0 Å². The van der Waals surface area contributed by atoms with E-state index in [0.29, 0.717) is 6.54 Å². The highest BCUT2D eigenvalue weighted by atomic mass is 16.6. The number of ether oxygens (including phenoxy) is 1. The Balaban J connectivity index is 1.86. The Morgan fingerprint density at radius 3 is 2.77 bits per heavy atom. The predicted molar refractivity (Wildman–Crippen MR) is 49.1 cm³/mol. The van der Waals surface area contributed by atoms with Gasteiger partial charge in [0.2, 0.25) is 0 Å². The van der Waals surface area contributed by atoms with Gasteiger partial charge in [0, 0.05) is 6.54 Å². The van der Waals surface area contributed by atoms with Crippen LogP contribution in [0.5, 0.6) is 0 Å². The SMILES string of the molecule is OCCNC1OC1c1ccccc1. The van der Waals surface area contributed by atoms with Gasteiger partial charge in [-0.25, -0.2) is 0 Å². The lowest BCUT2D eigenvalue weighted by Gasteiger charge is -1.96. The second-order valence-corrected chi connectivity index (χ2v) is 3.07. The maximum atomic E-state index is 8.58. The molecule has 1 saturated heterocycles. The summed E-state index contributed by atoms with van der Waals surface area (Å²) < 4.78 is 5.38. The molecule has 0 amide bonds. The molecule has 0 aromatic heterocycles. The maximum absolute atomic E-state index is 8.58. The lowest BCUT2D eigenvalue weighted by molar-refractivity contribution is 0.274. The summed E-state index contributed by atoms with van der Waals surface area (Å²) in [5.74, 6) is 0. The van der Waals surface area contributed by atoms with Gasteiger partial charge < -0.3 is 9.84 Å². The molecule has 0 aliphatic carbocycles.